The molecule has 0 fully saturated rings. The first kappa shape index (κ1) is 15.0. The first-order chi connectivity index (χ1) is 8.47. The molecular formula is C15H26N2O. The van der Waals surface area contributed by atoms with Gasteiger partial charge < -0.3 is 10.0 Å². The van der Waals surface area contributed by atoms with Crippen molar-refractivity contribution in [1.29, 1.82) is 0 Å². The van der Waals surface area contributed by atoms with E-state index in [0.717, 1.165) is 30.2 Å². The lowest BCUT2D eigenvalue weighted by atomic mass is 10.1. The number of aliphatic hydroxyl groups excluding tert-OH is 1. The summed E-state index contributed by atoms with van der Waals surface area (Å²) < 4.78 is 0. The normalized spacial score (nSPS) is 11.3. The molecule has 0 aliphatic carbocycles. The minimum Gasteiger partial charge on any atom is -0.392 e. The van der Waals surface area contributed by atoms with Gasteiger partial charge >= 0.3 is 0 Å². The average Bonchev–Trinajstić information content (AvgIpc) is 2.34. The van der Waals surface area contributed by atoms with E-state index < -0.39 is 0 Å². The number of hydrogen-bond acceptors (Lipinski definition) is 3. The Labute approximate surface area is 111 Å². The van der Waals surface area contributed by atoms with Crippen LogP contribution in [0.5, 0.6) is 0 Å². The molecule has 0 spiro atoms. The summed E-state index contributed by atoms with van der Waals surface area (Å²) in [5.41, 5.74) is 2.00. The highest BCUT2D eigenvalue weighted by Crippen LogP contribution is 2.21. The summed E-state index contributed by atoms with van der Waals surface area (Å²) in [4.78, 5) is 6.99. The van der Waals surface area contributed by atoms with E-state index in [1.165, 1.54) is 0 Å². The lowest BCUT2D eigenvalue weighted by molar-refractivity contribution is 0.281. The van der Waals surface area contributed by atoms with Crippen molar-refractivity contribution < 1.29 is 5.11 Å². The highest BCUT2D eigenvalue weighted by molar-refractivity contribution is 5.43. The third kappa shape index (κ3) is 3.98. The van der Waals surface area contributed by atoms with Gasteiger partial charge in [0.25, 0.3) is 0 Å². The Morgan fingerprint density at radius 2 is 1.89 bits per heavy atom. The maximum Gasteiger partial charge on any atom is 0.129 e. The molecule has 0 atom stereocenters. The summed E-state index contributed by atoms with van der Waals surface area (Å²) >= 11 is 0. The predicted molar refractivity (Wildman–Crippen MR) is 77.0 cm³/mol. The van der Waals surface area contributed by atoms with E-state index in [1.54, 1.807) is 0 Å². The van der Waals surface area contributed by atoms with E-state index in [1.807, 2.05) is 12.1 Å². The van der Waals surface area contributed by atoms with Crippen molar-refractivity contribution in [3.8, 4) is 0 Å². The Bertz CT molecular complexity index is 375. The summed E-state index contributed by atoms with van der Waals surface area (Å²) in [6.45, 7) is 12.8. The van der Waals surface area contributed by atoms with E-state index in [4.69, 9.17) is 4.98 Å². The molecule has 0 bridgehead atoms. The van der Waals surface area contributed by atoms with E-state index in [0.29, 0.717) is 11.8 Å². The van der Waals surface area contributed by atoms with Gasteiger partial charge in [-0.3, -0.25) is 0 Å². The molecule has 1 rings (SSSR count). The first-order valence-corrected chi connectivity index (χ1v) is 6.84. The van der Waals surface area contributed by atoms with E-state index in [2.05, 4.69) is 39.5 Å². The number of aromatic nitrogens is 1. The number of anilines is 1. The van der Waals surface area contributed by atoms with Crippen LogP contribution in [0.15, 0.2) is 12.1 Å². The first-order valence-electron chi connectivity index (χ1n) is 6.84. The molecular weight excluding hydrogens is 224 g/mol. The molecule has 0 saturated carbocycles. The standard InChI is InChI=1S/C15H26N2O/c1-6-17(9-11(2)3)15-8-13(10-18)7-14(16-15)12(4)5/h7-8,11-12,18H,6,9-10H2,1-5H3. The molecule has 0 aliphatic rings. The molecule has 0 aromatic carbocycles. The Balaban J connectivity index is 3.08. The summed E-state index contributed by atoms with van der Waals surface area (Å²) in [6.07, 6.45) is 0. The van der Waals surface area contributed by atoms with Crippen LogP contribution in [0, 0.1) is 5.92 Å². The highest BCUT2D eigenvalue weighted by Gasteiger charge is 2.12. The summed E-state index contributed by atoms with van der Waals surface area (Å²) in [5.74, 6) is 1.97. The van der Waals surface area contributed by atoms with Crippen LogP contribution in [0.2, 0.25) is 0 Å². The molecule has 0 saturated heterocycles. The van der Waals surface area contributed by atoms with Gasteiger partial charge in [-0.2, -0.15) is 0 Å². The minimum atomic E-state index is 0.0779. The van der Waals surface area contributed by atoms with Crippen LogP contribution in [-0.2, 0) is 6.61 Å². The fourth-order valence-electron chi connectivity index (χ4n) is 1.97. The maximum absolute atomic E-state index is 9.36. The van der Waals surface area contributed by atoms with Gasteiger partial charge in [-0.05, 0) is 36.5 Å². The molecule has 0 amide bonds. The Morgan fingerprint density at radius 1 is 1.22 bits per heavy atom. The number of pyridine rings is 1. The van der Waals surface area contributed by atoms with Crippen molar-refractivity contribution >= 4 is 5.82 Å². The van der Waals surface area contributed by atoms with E-state index in [9.17, 15) is 5.11 Å². The molecule has 102 valence electrons. The van der Waals surface area contributed by atoms with Crippen molar-refractivity contribution in [2.24, 2.45) is 5.92 Å². The number of aliphatic hydroxyl groups is 1. The zero-order valence-corrected chi connectivity index (χ0v) is 12.3. The lowest BCUT2D eigenvalue weighted by Gasteiger charge is -2.25. The number of hydrogen-bond donors (Lipinski definition) is 1. The van der Waals surface area contributed by atoms with E-state index in [-0.39, 0.29) is 6.61 Å². The molecule has 18 heavy (non-hydrogen) atoms. The predicted octanol–water partition coefficient (Wildman–Crippen LogP) is 3.18. The Morgan fingerprint density at radius 3 is 2.33 bits per heavy atom. The van der Waals surface area contributed by atoms with Gasteiger partial charge in [0.05, 0.1) is 6.61 Å². The molecule has 1 aromatic rings. The zero-order chi connectivity index (χ0) is 13.7. The van der Waals surface area contributed by atoms with Crippen molar-refractivity contribution in [3.63, 3.8) is 0 Å². The Hall–Kier alpha value is -1.09. The van der Waals surface area contributed by atoms with Crippen LogP contribution in [0.4, 0.5) is 5.82 Å². The minimum absolute atomic E-state index is 0.0779. The van der Waals surface area contributed by atoms with Crippen LogP contribution in [0.1, 0.15) is 51.8 Å². The molecule has 0 radical (unpaired) electrons. The second-order valence-corrected chi connectivity index (χ2v) is 5.50. The smallest absolute Gasteiger partial charge is 0.129 e. The number of nitrogens with zero attached hydrogens (tertiary/aromatic N) is 2. The molecule has 3 heteroatoms. The van der Waals surface area contributed by atoms with Gasteiger partial charge in [0.2, 0.25) is 0 Å². The fourth-order valence-corrected chi connectivity index (χ4v) is 1.97. The van der Waals surface area contributed by atoms with Gasteiger partial charge in [-0.15, -0.1) is 0 Å². The maximum atomic E-state index is 9.36. The van der Waals surface area contributed by atoms with Gasteiger partial charge in [0, 0.05) is 18.8 Å². The summed E-state index contributed by atoms with van der Waals surface area (Å²) in [5, 5.41) is 9.36. The van der Waals surface area contributed by atoms with Crippen molar-refractivity contribution in [1.82, 2.24) is 4.98 Å². The van der Waals surface area contributed by atoms with Crippen molar-refractivity contribution in [2.75, 3.05) is 18.0 Å². The van der Waals surface area contributed by atoms with Crippen LogP contribution < -0.4 is 4.90 Å². The second-order valence-electron chi connectivity index (χ2n) is 5.50. The molecule has 3 nitrogen and oxygen atoms in total. The molecule has 1 N–H and O–H groups in total. The average molecular weight is 250 g/mol. The fraction of sp³-hybridized carbons (Fsp3) is 0.667. The van der Waals surface area contributed by atoms with Crippen molar-refractivity contribution in [3.05, 3.63) is 23.4 Å². The summed E-state index contributed by atoms with van der Waals surface area (Å²) in [7, 11) is 0. The van der Waals surface area contributed by atoms with Gasteiger partial charge in [-0.25, -0.2) is 4.98 Å². The van der Waals surface area contributed by atoms with Crippen LogP contribution in [0.3, 0.4) is 0 Å². The van der Waals surface area contributed by atoms with Crippen LogP contribution >= 0.6 is 0 Å². The van der Waals surface area contributed by atoms with E-state index >= 15 is 0 Å². The summed E-state index contributed by atoms with van der Waals surface area (Å²) in [6, 6.07) is 4.00. The molecule has 1 heterocycles. The van der Waals surface area contributed by atoms with Crippen LogP contribution in [-0.4, -0.2) is 23.2 Å². The molecule has 0 unspecified atom stereocenters. The van der Waals surface area contributed by atoms with Crippen LogP contribution in [0.25, 0.3) is 0 Å². The largest absolute Gasteiger partial charge is 0.392 e. The Kier molecular flexibility index (Phi) is 5.60. The third-order valence-electron chi connectivity index (χ3n) is 2.96. The zero-order valence-electron chi connectivity index (χ0n) is 12.3. The molecule has 0 aliphatic heterocycles. The quantitative estimate of drug-likeness (QED) is 0.842. The van der Waals surface area contributed by atoms with Gasteiger partial charge in [-0.1, -0.05) is 27.7 Å². The third-order valence-corrected chi connectivity index (χ3v) is 2.96. The van der Waals surface area contributed by atoms with Gasteiger partial charge in [0.1, 0.15) is 5.82 Å². The monoisotopic (exact) mass is 250 g/mol. The lowest BCUT2D eigenvalue weighted by Crippen LogP contribution is -2.28. The highest BCUT2D eigenvalue weighted by atomic mass is 16.3. The molecule has 1 aromatic heterocycles. The van der Waals surface area contributed by atoms with Crippen molar-refractivity contribution in [2.45, 2.75) is 47.1 Å². The van der Waals surface area contributed by atoms with Gasteiger partial charge in [0.15, 0.2) is 0 Å². The topological polar surface area (TPSA) is 36.4 Å². The number of rotatable bonds is 6. The SMILES string of the molecule is CCN(CC(C)C)c1cc(CO)cc(C(C)C)n1. The second kappa shape index (κ2) is 6.74.